The van der Waals surface area contributed by atoms with Crippen LogP contribution in [0.1, 0.15) is 4.11 Å². The van der Waals surface area contributed by atoms with Crippen molar-refractivity contribution in [1.29, 1.82) is 0 Å². The van der Waals surface area contributed by atoms with E-state index in [1.54, 1.807) is 42.6 Å². The Balaban J connectivity index is 2.24. The lowest BCUT2D eigenvalue weighted by Gasteiger charge is -2.11. The van der Waals surface area contributed by atoms with Crippen molar-refractivity contribution in [3.63, 3.8) is 0 Å². The lowest BCUT2D eigenvalue weighted by Crippen LogP contribution is -2.22. The Hall–Kier alpha value is -2.86. The van der Waals surface area contributed by atoms with Crippen LogP contribution < -0.4 is 15.3 Å². The van der Waals surface area contributed by atoms with Crippen LogP contribution in [0.3, 0.4) is 0 Å². The molecule has 0 saturated heterocycles. The van der Waals surface area contributed by atoms with Crippen molar-refractivity contribution in [3.05, 3.63) is 64.2 Å². The molecular formula is C16H12ClN2O4+. The number of hydrogen-bond donors (Lipinski definition) is 0. The molecule has 1 N–H and O–H groups in total. The van der Waals surface area contributed by atoms with Crippen LogP contribution in [0.2, 0.25) is 5.02 Å². The largest absolute Gasteiger partial charge is 0.513 e. The lowest BCUT2D eigenvalue weighted by atomic mass is 10.1. The molecule has 0 unspecified atom stereocenters. The second-order valence-electron chi connectivity index (χ2n) is 4.51. The molecule has 3 heterocycles. The van der Waals surface area contributed by atoms with Crippen LogP contribution >= 0.6 is 11.6 Å². The second-order valence-corrected chi connectivity index (χ2v) is 4.89. The van der Waals surface area contributed by atoms with Crippen LogP contribution in [-0.4, -0.2) is 17.6 Å². The maximum absolute atomic E-state index is 12.9. The number of nitrogens with one attached hydrogen (secondary N) is 1. The molecule has 0 radical (unpaired) electrons. The van der Waals surface area contributed by atoms with E-state index in [0.717, 1.165) is 0 Å². The molecule has 0 atom stereocenters. The number of nitrogens with zero attached hydrogens (tertiary/aromatic N) is 1. The predicted octanol–water partition coefficient (Wildman–Crippen LogP) is 2.58. The second kappa shape index (κ2) is 6.10. The van der Waals surface area contributed by atoms with Gasteiger partial charge in [-0.15, -0.1) is 0 Å². The number of carbonyl (C=O) groups is 1. The monoisotopic (exact) mass is 334 g/mol. The zero-order chi connectivity index (χ0) is 18.9. The summed E-state index contributed by atoms with van der Waals surface area (Å²) in [6, 6.07) is 9.82. The highest BCUT2D eigenvalue weighted by Crippen LogP contribution is 2.35. The topological polar surface area (TPSA) is 71.2 Å². The Labute approximate surface area is 140 Å². The van der Waals surface area contributed by atoms with Gasteiger partial charge in [0.15, 0.2) is 17.5 Å². The molecule has 0 aromatic carbocycles. The van der Waals surface area contributed by atoms with E-state index >= 15 is 0 Å². The van der Waals surface area contributed by atoms with Crippen LogP contribution in [0.4, 0.5) is 4.79 Å². The van der Waals surface area contributed by atoms with Gasteiger partial charge in [0.25, 0.3) is 5.56 Å². The number of hydrogen-bond acceptors (Lipinski definition) is 4. The van der Waals surface area contributed by atoms with E-state index in [1.807, 2.05) is 0 Å². The van der Waals surface area contributed by atoms with Crippen molar-refractivity contribution in [2.45, 2.75) is 0 Å². The minimum absolute atomic E-state index is 0.0400. The quantitative estimate of drug-likeness (QED) is 0.675. The molecular weight excluding hydrogens is 320 g/mol. The molecule has 0 aliphatic heterocycles. The van der Waals surface area contributed by atoms with Crippen LogP contribution in [0.15, 0.2) is 53.6 Å². The summed E-state index contributed by atoms with van der Waals surface area (Å²) >= 11 is 6.34. The minimum Gasteiger partial charge on any atom is -0.437 e. The normalized spacial score (nSPS) is 13.0. The first-order valence-electron chi connectivity index (χ1n) is 7.99. The van der Waals surface area contributed by atoms with Crippen LogP contribution in [-0.2, 0) is 4.74 Å². The molecule has 116 valence electrons. The predicted molar refractivity (Wildman–Crippen MR) is 83.7 cm³/mol. The molecule has 3 aromatic rings. The van der Waals surface area contributed by atoms with E-state index < -0.39 is 18.8 Å². The summed E-state index contributed by atoms with van der Waals surface area (Å²) in [6.07, 6.45) is 1.59. The van der Waals surface area contributed by atoms with Gasteiger partial charge in [-0.25, -0.2) is 9.78 Å². The summed E-state index contributed by atoms with van der Waals surface area (Å²) in [6.45, 7) is 0. The highest BCUT2D eigenvalue weighted by atomic mass is 35.5. The van der Waals surface area contributed by atoms with Gasteiger partial charge in [-0.2, -0.15) is 0 Å². The van der Waals surface area contributed by atoms with E-state index in [0.29, 0.717) is 5.69 Å². The van der Waals surface area contributed by atoms with Gasteiger partial charge in [-0.05, 0) is 18.2 Å². The van der Waals surface area contributed by atoms with E-state index in [2.05, 4.69) is 9.72 Å². The summed E-state index contributed by atoms with van der Waals surface area (Å²) in [7, 11) is -2.99. The molecule has 0 aliphatic carbocycles. The smallest absolute Gasteiger partial charge is 0.437 e. The zero-order valence-electron chi connectivity index (χ0n) is 14.6. The van der Waals surface area contributed by atoms with Gasteiger partial charge < -0.3 is 9.47 Å². The van der Waals surface area contributed by atoms with E-state index in [1.165, 1.54) is 10.6 Å². The Bertz CT molecular complexity index is 1040. The minimum atomic E-state index is -2.99. The highest BCUT2D eigenvalue weighted by molar-refractivity contribution is 6.36. The van der Waals surface area contributed by atoms with Gasteiger partial charge in [0.1, 0.15) is 5.02 Å². The maximum atomic E-state index is 12.9. The van der Waals surface area contributed by atoms with Crippen molar-refractivity contribution < 1.29 is 23.4 Å². The fraction of sp³-hybridized carbons (Fsp3) is 0.0625. The van der Waals surface area contributed by atoms with E-state index in [-0.39, 0.29) is 21.9 Å². The number of pyridine rings is 3. The average molecular weight is 335 g/mol. The van der Waals surface area contributed by atoms with Gasteiger partial charge in [-0.3, -0.25) is 9.20 Å². The molecule has 3 rings (SSSR count). The first kappa shape index (κ1) is 11.7. The molecule has 0 bridgehead atoms. The number of aromatic amines is 1. The standard InChI is InChI=1S/C16H11ClN2O4/c1-22-16(21)23-14-12(10-6-2-4-8-18-10)15(20)19-9-5-3-7-11(19)13(14)17/h2-9H,1H3/p+1/i1D3. The van der Waals surface area contributed by atoms with Gasteiger partial charge in [0.2, 0.25) is 5.69 Å². The summed E-state index contributed by atoms with van der Waals surface area (Å²) < 4.78 is 31.4. The van der Waals surface area contributed by atoms with Gasteiger partial charge in [-0.1, -0.05) is 17.7 Å². The summed E-state index contributed by atoms with van der Waals surface area (Å²) in [5, 5.41) is -0.0417. The summed E-state index contributed by atoms with van der Waals surface area (Å²) in [5.41, 5.74) is 0.0655. The number of fused-ring (bicyclic) bond motifs is 1. The van der Waals surface area contributed by atoms with Crippen molar-refractivity contribution in [3.8, 4) is 17.0 Å². The molecule has 0 saturated carbocycles. The molecule has 3 aromatic heterocycles. The molecule has 23 heavy (non-hydrogen) atoms. The van der Waals surface area contributed by atoms with Crippen LogP contribution in [0.25, 0.3) is 16.8 Å². The SMILES string of the molecule is [2H]C([2H])([2H])OC(=O)Oc1c(-c2cccc[nH+]2)c(=O)n2ccccc2c1Cl. The number of halogens is 1. The van der Waals surface area contributed by atoms with Gasteiger partial charge in [0.05, 0.1) is 16.7 Å². The number of rotatable bonds is 2. The van der Waals surface area contributed by atoms with Crippen molar-refractivity contribution >= 4 is 23.3 Å². The molecule has 7 heteroatoms. The third kappa shape index (κ3) is 2.64. The number of H-pyrrole nitrogens is 1. The molecule has 0 amide bonds. The van der Waals surface area contributed by atoms with Crippen LogP contribution in [0, 0.1) is 0 Å². The molecule has 0 fully saturated rings. The fourth-order valence-corrected chi connectivity index (χ4v) is 2.52. The van der Waals surface area contributed by atoms with Crippen molar-refractivity contribution in [2.75, 3.05) is 7.04 Å². The lowest BCUT2D eigenvalue weighted by molar-refractivity contribution is -0.364. The highest BCUT2D eigenvalue weighted by Gasteiger charge is 2.25. The molecule has 6 nitrogen and oxygen atoms in total. The first-order chi connectivity index (χ1) is 12.3. The van der Waals surface area contributed by atoms with Gasteiger partial charge in [0, 0.05) is 18.3 Å². The maximum Gasteiger partial charge on any atom is 0.513 e. The Morgan fingerprint density at radius 3 is 2.87 bits per heavy atom. The Morgan fingerprint density at radius 2 is 2.13 bits per heavy atom. The molecule has 0 aliphatic rings. The summed E-state index contributed by atoms with van der Waals surface area (Å²) in [5.74, 6) is -0.292. The Kier molecular flexibility index (Phi) is 3.09. The van der Waals surface area contributed by atoms with Crippen LogP contribution in [0.5, 0.6) is 5.75 Å². The first-order valence-corrected chi connectivity index (χ1v) is 6.86. The third-order valence-electron chi connectivity index (χ3n) is 3.19. The van der Waals surface area contributed by atoms with E-state index in [4.69, 9.17) is 20.5 Å². The van der Waals surface area contributed by atoms with Gasteiger partial charge >= 0.3 is 6.16 Å². The number of aromatic nitrogens is 2. The van der Waals surface area contributed by atoms with Crippen molar-refractivity contribution in [2.24, 2.45) is 0 Å². The molecule has 0 spiro atoms. The number of ether oxygens (including phenoxy) is 2. The number of carbonyl (C=O) groups excluding carboxylic acids is 1. The average Bonchev–Trinajstić information content (AvgIpc) is 2.59. The van der Waals surface area contributed by atoms with Crippen molar-refractivity contribution in [1.82, 2.24) is 4.40 Å². The zero-order valence-corrected chi connectivity index (χ0v) is 12.3. The Morgan fingerprint density at radius 1 is 1.30 bits per heavy atom. The van der Waals surface area contributed by atoms with E-state index in [9.17, 15) is 9.59 Å². The number of methoxy groups -OCH3 is 1. The third-order valence-corrected chi connectivity index (χ3v) is 3.56. The summed E-state index contributed by atoms with van der Waals surface area (Å²) in [4.78, 5) is 27.6. The fourth-order valence-electron chi connectivity index (χ4n) is 2.23.